The molecule has 10 heavy (non-hydrogen) atoms. The van der Waals surface area contributed by atoms with E-state index in [-0.39, 0.29) is 0 Å². The Kier molecular flexibility index (Phi) is 1.62. The number of aliphatic carboxylic acids is 1. The van der Waals surface area contributed by atoms with Gasteiger partial charge in [0.15, 0.2) is 0 Å². The lowest BCUT2D eigenvalue weighted by Crippen LogP contribution is -2.38. The van der Waals surface area contributed by atoms with Crippen molar-refractivity contribution in [2.75, 3.05) is 0 Å². The van der Waals surface area contributed by atoms with Crippen LogP contribution in [0.25, 0.3) is 0 Å². The minimum Gasteiger partial charge on any atom is -0.549 e. The highest BCUT2D eigenvalue weighted by Gasteiger charge is 2.21. The summed E-state index contributed by atoms with van der Waals surface area (Å²) in [6.07, 6.45) is 7.59. The van der Waals surface area contributed by atoms with Crippen LogP contribution in [0, 0.1) is 5.41 Å². The highest BCUT2D eigenvalue weighted by molar-refractivity contribution is 5.75. The van der Waals surface area contributed by atoms with E-state index in [1.807, 2.05) is 12.2 Å². The first-order valence-electron chi connectivity index (χ1n) is 3.21. The molecule has 0 bridgehead atoms. The van der Waals surface area contributed by atoms with E-state index in [2.05, 4.69) is 0 Å². The summed E-state index contributed by atoms with van der Waals surface area (Å²) in [6.45, 7) is 1.66. The highest BCUT2D eigenvalue weighted by Crippen LogP contribution is 2.25. The Balaban J connectivity index is 2.80. The Bertz CT molecular complexity index is 203. The summed E-state index contributed by atoms with van der Waals surface area (Å²) >= 11 is 0. The fourth-order valence-corrected chi connectivity index (χ4v) is 0.879. The Morgan fingerprint density at radius 3 is 2.60 bits per heavy atom. The van der Waals surface area contributed by atoms with Crippen molar-refractivity contribution < 1.29 is 9.90 Å². The summed E-state index contributed by atoms with van der Waals surface area (Å²) in [5, 5.41) is 10.5. The molecule has 0 fully saturated rings. The minimum absolute atomic E-state index is 0.534. The minimum atomic E-state index is -1.01. The standard InChI is InChI=1S/C8H10O2/c1-8(7(9)10)5-3-2-4-6-8/h2-5H,6H2,1H3,(H,9,10)/p-1. The van der Waals surface area contributed by atoms with Gasteiger partial charge in [-0.1, -0.05) is 31.2 Å². The maximum atomic E-state index is 10.5. The van der Waals surface area contributed by atoms with Crippen LogP contribution in [0.5, 0.6) is 0 Å². The SMILES string of the molecule is CC1(C(=O)[O-])C=CC=CC1. The van der Waals surface area contributed by atoms with E-state index in [1.54, 1.807) is 19.1 Å². The molecule has 0 spiro atoms. The van der Waals surface area contributed by atoms with Crippen LogP contribution in [0.4, 0.5) is 0 Å². The molecule has 54 valence electrons. The van der Waals surface area contributed by atoms with Crippen LogP contribution in [0.3, 0.4) is 0 Å². The second-order valence-electron chi connectivity index (χ2n) is 2.70. The zero-order chi connectivity index (χ0) is 7.61. The lowest BCUT2D eigenvalue weighted by atomic mass is 9.84. The Morgan fingerprint density at radius 2 is 2.30 bits per heavy atom. The molecule has 0 N–H and O–H groups in total. The third-order valence-corrected chi connectivity index (χ3v) is 1.72. The number of carboxylic acid groups (broad SMARTS) is 1. The van der Waals surface area contributed by atoms with E-state index in [0.29, 0.717) is 6.42 Å². The largest absolute Gasteiger partial charge is 0.549 e. The first kappa shape index (κ1) is 7.06. The lowest BCUT2D eigenvalue weighted by molar-refractivity contribution is -0.315. The van der Waals surface area contributed by atoms with Gasteiger partial charge in [-0.25, -0.2) is 0 Å². The average molecular weight is 137 g/mol. The summed E-state index contributed by atoms with van der Waals surface area (Å²) in [5.41, 5.74) is -0.783. The molecular weight excluding hydrogens is 128 g/mol. The first-order valence-corrected chi connectivity index (χ1v) is 3.21. The normalized spacial score (nSPS) is 30.5. The van der Waals surface area contributed by atoms with Crippen molar-refractivity contribution in [3.8, 4) is 0 Å². The molecule has 1 unspecified atom stereocenters. The molecule has 1 aliphatic rings. The summed E-state index contributed by atoms with van der Waals surface area (Å²) < 4.78 is 0. The maximum Gasteiger partial charge on any atom is 0.0514 e. The zero-order valence-electron chi connectivity index (χ0n) is 5.83. The predicted molar refractivity (Wildman–Crippen MR) is 36.0 cm³/mol. The molecule has 0 amide bonds. The van der Waals surface area contributed by atoms with Crippen LogP contribution in [0.2, 0.25) is 0 Å². The van der Waals surface area contributed by atoms with E-state index in [0.717, 1.165) is 0 Å². The van der Waals surface area contributed by atoms with Crippen LogP contribution in [0.15, 0.2) is 24.3 Å². The molecule has 2 nitrogen and oxygen atoms in total. The Morgan fingerprint density at radius 1 is 1.60 bits per heavy atom. The third kappa shape index (κ3) is 1.10. The molecular formula is C8H9O2-. The van der Waals surface area contributed by atoms with Crippen LogP contribution in [0.1, 0.15) is 13.3 Å². The van der Waals surface area contributed by atoms with E-state index < -0.39 is 11.4 Å². The molecule has 1 atom stereocenters. The second kappa shape index (κ2) is 2.29. The predicted octanol–water partition coefficient (Wildman–Crippen LogP) is 0.259. The van der Waals surface area contributed by atoms with Gasteiger partial charge < -0.3 is 9.90 Å². The van der Waals surface area contributed by atoms with Crippen molar-refractivity contribution in [2.24, 2.45) is 5.41 Å². The lowest BCUT2D eigenvalue weighted by Gasteiger charge is -2.27. The van der Waals surface area contributed by atoms with Crippen molar-refractivity contribution in [3.63, 3.8) is 0 Å². The molecule has 0 radical (unpaired) electrons. The van der Waals surface area contributed by atoms with Gasteiger partial charge >= 0.3 is 0 Å². The molecule has 1 aliphatic carbocycles. The molecule has 0 aromatic heterocycles. The van der Waals surface area contributed by atoms with Gasteiger partial charge in [0, 0.05) is 5.41 Å². The number of carbonyl (C=O) groups excluding carboxylic acids is 1. The van der Waals surface area contributed by atoms with Gasteiger partial charge in [0.2, 0.25) is 0 Å². The van der Waals surface area contributed by atoms with Crippen molar-refractivity contribution >= 4 is 5.97 Å². The van der Waals surface area contributed by atoms with Crippen molar-refractivity contribution in [1.82, 2.24) is 0 Å². The summed E-state index contributed by atoms with van der Waals surface area (Å²) in [4.78, 5) is 10.5. The number of carbonyl (C=O) groups is 1. The van der Waals surface area contributed by atoms with Crippen molar-refractivity contribution in [2.45, 2.75) is 13.3 Å². The van der Waals surface area contributed by atoms with Crippen LogP contribution in [-0.4, -0.2) is 5.97 Å². The summed E-state index contributed by atoms with van der Waals surface area (Å²) in [5.74, 6) is -1.01. The van der Waals surface area contributed by atoms with Gasteiger partial charge in [-0.2, -0.15) is 0 Å². The van der Waals surface area contributed by atoms with E-state index in [1.165, 1.54) is 0 Å². The van der Waals surface area contributed by atoms with Gasteiger partial charge in [-0.15, -0.1) is 0 Å². The fourth-order valence-electron chi connectivity index (χ4n) is 0.879. The van der Waals surface area contributed by atoms with E-state index in [4.69, 9.17) is 0 Å². The smallest absolute Gasteiger partial charge is 0.0514 e. The Labute approximate surface area is 59.9 Å². The molecule has 2 heteroatoms. The van der Waals surface area contributed by atoms with Gasteiger partial charge in [-0.3, -0.25) is 0 Å². The monoisotopic (exact) mass is 137 g/mol. The number of hydrogen-bond donors (Lipinski definition) is 0. The van der Waals surface area contributed by atoms with Crippen LogP contribution in [-0.2, 0) is 4.79 Å². The fraction of sp³-hybridized carbons (Fsp3) is 0.375. The number of allylic oxidation sites excluding steroid dienone is 3. The third-order valence-electron chi connectivity index (χ3n) is 1.72. The molecule has 1 rings (SSSR count). The maximum absolute atomic E-state index is 10.5. The number of carboxylic acids is 1. The second-order valence-corrected chi connectivity index (χ2v) is 2.70. The highest BCUT2D eigenvalue weighted by atomic mass is 16.4. The van der Waals surface area contributed by atoms with Gasteiger partial charge in [0.25, 0.3) is 0 Å². The summed E-state index contributed by atoms with van der Waals surface area (Å²) in [6, 6.07) is 0. The van der Waals surface area contributed by atoms with Crippen molar-refractivity contribution in [3.05, 3.63) is 24.3 Å². The van der Waals surface area contributed by atoms with E-state index in [9.17, 15) is 9.90 Å². The molecule has 0 aromatic rings. The van der Waals surface area contributed by atoms with Crippen LogP contribution >= 0.6 is 0 Å². The topological polar surface area (TPSA) is 40.1 Å². The van der Waals surface area contributed by atoms with Gasteiger partial charge in [-0.05, 0) is 6.42 Å². The zero-order valence-corrected chi connectivity index (χ0v) is 5.83. The van der Waals surface area contributed by atoms with Crippen LogP contribution < -0.4 is 5.11 Å². The van der Waals surface area contributed by atoms with Crippen molar-refractivity contribution in [1.29, 1.82) is 0 Å². The quantitative estimate of drug-likeness (QED) is 0.520. The summed E-state index contributed by atoms with van der Waals surface area (Å²) in [7, 11) is 0. The van der Waals surface area contributed by atoms with E-state index >= 15 is 0 Å². The van der Waals surface area contributed by atoms with Gasteiger partial charge in [0.1, 0.15) is 0 Å². The first-order chi connectivity index (χ1) is 4.65. The van der Waals surface area contributed by atoms with Gasteiger partial charge in [0.05, 0.1) is 5.97 Å². The molecule has 0 heterocycles. The average Bonchev–Trinajstić information content (AvgIpc) is 1.89. The Hall–Kier alpha value is -1.05. The number of rotatable bonds is 1. The molecule has 0 aliphatic heterocycles. The molecule has 0 saturated heterocycles. The molecule has 0 aromatic carbocycles. The number of hydrogen-bond acceptors (Lipinski definition) is 2. The molecule has 0 saturated carbocycles.